The van der Waals surface area contributed by atoms with Gasteiger partial charge in [-0.15, -0.1) is 0 Å². The highest BCUT2D eigenvalue weighted by molar-refractivity contribution is 6.31. The molecule has 7 heteroatoms. The van der Waals surface area contributed by atoms with Crippen molar-refractivity contribution < 1.29 is 4.79 Å². The third-order valence-corrected chi connectivity index (χ3v) is 6.17. The van der Waals surface area contributed by atoms with E-state index in [1.807, 2.05) is 45.0 Å². The molecule has 0 aliphatic heterocycles. The number of nitrogens with zero attached hydrogens (tertiary/aromatic N) is 3. The van der Waals surface area contributed by atoms with Crippen LogP contribution in [0.5, 0.6) is 0 Å². The Balaban J connectivity index is 1.90. The molecule has 1 heterocycles. The molecule has 3 aromatic carbocycles. The summed E-state index contributed by atoms with van der Waals surface area (Å²) in [5.41, 5.74) is 2.56. The van der Waals surface area contributed by atoms with E-state index in [0.29, 0.717) is 44.6 Å². The second-order valence-corrected chi connectivity index (χ2v) is 8.75. The number of halogens is 2. The molecule has 0 N–H and O–H groups in total. The number of carbonyl (C=O) groups excluding carboxylic acids is 1. The standard InChI is InChI=1S/C26H23Cl2N3O2/c1-4-30(25(32)18-7-9-19(27)10-8-18)17(3)24-29-23-15-20(28)11-14-22(23)26(33)31(24)21-12-5-16(2)6-13-21/h5-15,17H,4H2,1-3H3. The van der Waals surface area contributed by atoms with Gasteiger partial charge in [-0.1, -0.05) is 40.9 Å². The summed E-state index contributed by atoms with van der Waals surface area (Å²) >= 11 is 12.2. The van der Waals surface area contributed by atoms with Gasteiger partial charge >= 0.3 is 0 Å². The maximum absolute atomic E-state index is 13.6. The van der Waals surface area contributed by atoms with Crippen LogP contribution in [0.3, 0.4) is 0 Å². The Morgan fingerprint density at radius 1 is 1.00 bits per heavy atom. The van der Waals surface area contributed by atoms with Gasteiger partial charge in [-0.05, 0) is 75.4 Å². The van der Waals surface area contributed by atoms with E-state index in [4.69, 9.17) is 28.2 Å². The quantitative estimate of drug-likeness (QED) is 0.341. The first kappa shape index (κ1) is 23.0. The molecule has 4 rings (SSSR count). The van der Waals surface area contributed by atoms with E-state index in [-0.39, 0.29) is 11.5 Å². The van der Waals surface area contributed by atoms with E-state index < -0.39 is 6.04 Å². The maximum Gasteiger partial charge on any atom is 0.266 e. The molecule has 1 unspecified atom stereocenters. The Morgan fingerprint density at radius 2 is 1.64 bits per heavy atom. The van der Waals surface area contributed by atoms with Gasteiger partial charge in [-0.25, -0.2) is 4.98 Å². The van der Waals surface area contributed by atoms with Crippen LogP contribution in [0.1, 0.15) is 41.6 Å². The first-order valence-electron chi connectivity index (χ1n) is 10.7. The third-order valence-electron chi connectivity index (χ3n) is 5.68. The lowest BCUT2D eigenvalue weighted by atomic mass is 10.1. The molecule has 168 valence electrons. The minimum Gasteiger partial charge on any atom is -0.329 e. The number of fused-ring (bicyclic) bond motifs is 1. The Bertz CT molecular complexity index is 1380. The van der Waals surface area contributed by atoms with Gasteiger partial charge in [0.1, 0.15) is 5.82 Å². The van der Waals surface area contributed by atoms with E-state index in [0.717, 1.165) is 5.56 Å². The van der Waals surface area contributed by atoms with E-state index in [2.05, 4.69) is 0 Å². The average Bonchev–Trinajstić information content (AvgIpc) is 2.80. The molecule has 0 saturated carbocycles. The van der Waals surface area contributed by atoms with Crippen LogP contribution < -0.4 is 5.56 Å². The summed E-state index contributed by atoms with van der Waals surface area (Å²) in [6.07, 6.45) is 0. The lowest BCUT2D eigenvalue weighted by molar-refractivity contribution is 0.0693. The normalized spacial score (nSPS) is 12.0. The molecule has 0 radical (unpaired) electrons. The maximum atomic E-state index is 13.6. The zero-order valence-corrected chi connectivity index (χ0v) is 20.1. The van der Waals surface area contributed by atoms with Crippen molar-refractivity contribution >= 4 is 40.0 Å². The Kier molecular flexibility index (Phi) is 6.54. The molecule has 1 aromatic heterocycles. The summed E-state index contributed by atoms with van der Waals surface area (Å²) in [5, 5.41) is 1.51. The summed E-state index contributed by atoms with van der Waals surface area (Å²) in [6.45, 7) is 6.19. The number of benzene rings is 3. The minimum atomic E-state index is -0.490. The van der Waals surface area contributed by atoms with Crippen molar-refractivity contribution in [2.75, 3.05) is 6.54 Å². The Hall–Kier alpha value is -3.15. The van der Waals surface area contributed by atoms with Crippen LogP contribution in [-0.4, -0.2) is 26.9 Å². The number of rotatable bonds is 5. The van der Waals surface area contributed by atoms with Gasteiger partial charge in [0, 0.05) is 22.2 Å². The van der Waals surface area contributed by atoms with Gasteiger partial charge in [-0.2, -0.15) is 0 Å². The summed E-state index contributed by atoms with van der Waals surface area (Å²) in [4.78, 5) is 33.4. The highest BCUT2D eigenvalue weighted by Crippen LogP contribution is 2.26. The Labute approximate surface area is 202 Å². The van der Waals surface area contributed by atoms with Crippen LogP contribution in [-0.2, 0) is 0 Å². The highest BCUT2D eigenvalue weighted by atomic mass is 35.5. The topological polar surface area (TPSA) is 55.2 Å². The van der Waals surface area contributed by atoms with Crippen LogP contribution in [0.15, 0.2) is 71.5 Å². The van der Waals surface area contributed by atoms with Gasteiger partial charge in [0.05, 0.1) is 22.6 Å². The zero-order chi connectivity index (χ0) is 23.7. The fraction of sp³-hybridized carbons (Fsp3) is 0.192. The summed E-state index contributed by atoms with van der Waals surface area (Å²) < 4.78 is 1.58. The Morgan fingerprint density at radius 3 is 2.27 bits per heavy atom. The van der Waals surface area contributed by atoms with Gasteiger partial charge in [0.15, 0.2) is 0 Å². The van der Waals surface area contributed by atoms with Gasteiger partial charge < -0.3 is 4.90 Å². The lowest BCUT2D eigenvalue weighted by Crippen LogP contribution is -2.37. The predicted octanol–water partition coefficient (Wildman–Crippen LogP) is 6.22. The predicted molar refractivity (Wildman–Crippen MR) is 134 cm³/mol. The van der Waals surface area contributed by atoms with Crippen molar-refractivity contribution in [3.8, 4) is 5.69 Å². The number of carbonyl (C=O) groups is 1. The van der Waals surface area contributed by atoms with Crippen LogP contribution in [0.25, 0.3) is 16.6 Å². The molecule has 1 amide bonds. The molecule has 0 saturated heterocycles. The van der Waals surface area contributed by atoms with Crippen molar-refractivity contribution in [3.63, 3.8) is 0 Å². The molecule has 0 spiro atoms. The monoisotopic (exact) mass is 479 g/mol. The molecule has 0 bridgehead atoms. The lowest BCUT2D eigenvalue weighted by Gasteiger charge is -2.29. The number of aromatic nitrogens is 2. The summed E-state index contributed by atoms with van der Waals surface area (Å²) in [6, 6.07) is 19.0. The van der Waals surface area contributed by atoms with Crippen LogP contribution in [0.4, 0.5) is 0 Å². The van der Waals surface area contributed by atoms with Crippen molar-refractivity contribution in [2.24, 2.45) is 0 Å². The summed E-state index contributed by atoms with van der Waals surface area (Å²) in [5.74, 6) is 0.292. The molecule has 0 aliphatic carbocycles. The second-order valence-electron chi connectivity index (χ2n) is 7.88. The number of hydrogen-bond donors (Lipinski definition) is 0. The van der Waals surface area contributed by atoms with Gasteiger partial charge in [-0.3, -0.25) is 14.2 Å². The first-order valence-corrected chi connectivity index (χ1v) is 11.4. The minimum absolute atomic E-state index is 0.169. The largest absolute Gasteiger partial charge is 0.329 e. The fourth-order valence-corrected chi connectivity index (χ4v) is 4.18. The van der Waals surface area contributed by atoms with E-state index in [9.17, 15) is 9.59 Å². The molecule has 0 aliphatic rings. The van der Waals surface area contributed by atoms with E-state index in [1.54, 1.807) is 51.9 Å². The van der Waals surface area contributed by atoms with Gasteiger partial charge in [0.25, 0.3) is 11.5 Å². The molecule has 0 fully saturated rings. The van der Waals surface area contributed by atoms with E-state index >= 15 is 0 Å². The summed E-state index contributed by atoms with van der Waals surface area (Å²) in [7, 11) is 0. The van der Waals surface area contributed by atoms with Crippen LogP contribution in [0.2, 0.25) is 10.0 Å². The highest BCUT2D eigenvalue weighted by Gasteiger charge is 2.26. The van der Waals surface area contributed by atoms with Crippen molar-refractivity contribution in [1.29, 1.82) is 0 Å². The molecular weight excluding hydrogens is 457 g/mol. The number of hydrogen-bond acceptors (Lipinski definition) is 3. The third kappa shape index (κ3) is 4.52. The van der Waals surface area contributed by atoms with Crippen molar-refractivity contribution in [3.05, 3.63) is 104 Å². The van der Waals surface area contributed by atoms with Crippen molar-refractivity contribution in [2.45, 2.75) is 26.8 Å². The molecule has 4 aromatic rings. The second kappa shape index (κ2) is 9.38. The average molecular weight is 480 g/mol. The zero-order valence-electron chi connectivity index (χ0n) is 18.5. The SMILES string of the molecule is CCN(C(=O)c1ccc(Cl)cc1)C(C)c1nc2cc(Cl)ccc2c(=O)n1-c1ccc(C)cc1. The first-order chi connectivity index (χ1) is 15.8. The number of aryl methyl sites for hydroxylation is 1. The van der Waals surface area contributed by atoms with Crippen LogP contribution in [0, 0.1) is 6.92 Å². The molecule has 1 atom stereocenters. The molecule has 5 nitrogen and oxygen atoms in total. The smallest absolute Gasteiger partial charge is 0.266 e. The van der Waals surface area contributed by atoms with E-state index in [1.165, 1.54) is 0 Å². The molecule has 33 heavy (non-hydrogen) atoms. The molecular formula is C26H23Cl2N3O2. The fourth-order valence-electron chi connectivity index (χ4n) is 3.89. The van der Waals surface area contributed by atoms with Crippen molar-refractivity contribution in [1.82, 2.24) is 14.5 Å². The van der Waals surface area contributed by atoms with Crippen LogP contribution >= 0.6 is 23.2 Å². The number of amides is 1. The van der Waals surface area contributed by atoms with Gasteiger partial charge in [0.2, 0.25) is 0 Å².